The first-order valence-corrected chi connectivity index (χ1v) is 7.61. The van der Waals surface area contributed by atoms with E-state index in [1.165, 1.54) is 0 Å². The molecule has 114 valence electrons. The Kier molecular flexibility index (Phi) is 1.77. The van der Waals surface area contributed by atoms with Gasteiger partial charge in [-0.1, -0.05) is 13.8 Å². The van der Waals surface area contributed by atoms with Crippen LogP contribution in [-0.4, -0.2) is 46.6 Å². The van der Waals surface area contributed by atoms with E-state index in [2.05, 4.69) is 0 Å². The van der Waals surface area contributed by atoms with Crippen LogP contribution in [0.2, 0.25) is 0 Å². The Morgan fingerprint density at radius 3 is 2.67 bits per heavy atom. The van der Waals surface area contributed by atoms with Gasteiger partial charge in [-0.2, -0.15) is 0 Å². The summed E-state index contributed by atoms with van der Waals surface area (Å²) in [5, 5.41) is 11.4. The normalized spacial score (nSPS) is 62.4. The molecule has 0 radical (unpaired) electrons. The fraction of sp³-hybridized carbons (Fsp3) is 0.867. The lowest BCUT2D eigenvalue weighted by Crippen LogP contribution is -2.66. The van der Waals surface area contributed by atoms with Crippen molar-refractivity contribution in [1.82, 2.24) is 0 Å². The third kappa shape index (κ3) is 0.908. The molecule has 2 bridgehead atoms. The molecule has 3 saturated heterocycles. The molecule has 5 rings (SSSR count). The summed E-state index contributed by atoms with van der Waals surface area (Å²) in [5.41, 5.74) is -3.24. The summed E-state index contributed by atoms with van der Waals surface area (Å²) >= 11 is 0. The molecule has 0 aromatic carbocycles. The molecule has 5 aliphatic rings. The van der Waals surface area contributed by atoms with Crippen LogP contribution in [0.3, 0.4) is 0 Å². The van der Waals surface area contributed by atoms with Crippen molar-refractivity contribution in [3.05, 3.63) is 0 Å². The molecule has 5 fully saturated rings. The summed E-state index contributed by atoms with van der Waals surface area (Å²) in [5.74, 6) is -1.31. The summed E-state index contributed by atoms with van der Waals surface area (Å²) < 4.78 is 16.7. The van der Waals surface area contributed by atoms with Crippen LogP contribution in [0.1, 0.15) is 27.2 Å². The number of carbonyl (C=O) groups is 2. The molecule has 21 heavy (non-hydrogen) atoms. The molecule has 0 aromatic heterocycles. The Morgan fingerprint density at radius 2 is 2.00 bits per heavy atom. The van der Waals surface area contributed by atoms with Crippen LogP contribution in [0.25, 0.3) is 0 Å². The first-order valence-electron chi connectivity index (χ1n) is 7.61. The van der Waals surface area contributed by atoms with Gasteiger partial charge in [-0.25, -0.2) is 4.79 Å². The van der Waals surface area contributed by atoms with E-state index in [1.807, 2.05) is 20.8 Å². The van der Waals surface area contributed by atoms with Crippen LogP contribution in [0.5, 0.6) is 0 Å². The van der Waals surface area contributed by atoms with Crippen LogP contribution >= 0.6 is 0 Å². The van der Waals surface area contributed by atoms with E-state index in [1.54, 1.807) is 0 Å². The second-order valence-corrected chi connectivity index (χ2v) is 7.70. The summed E-state index contributed by atoms with van der Waals surface area (Å²) in [4.78, 5) is 24.7. The van der Waals surface area contributed by atoms with Crippen molar-refractivity contribution in [1.29, 1.82) is 0 Å². The van der Waals surface area contributed by atoms with Crippen LogP contribution in [0.15, 0.2) is 0 Å². The maximum Gasteiger partial charge on any atom is 0.342 e. The molecule has 6 heteroatoms. The van der Waals surface area contributed by atoms with Gasteiger partial charge >= 0.3 is 11.9 Å². The molecular formula is C15H18O6. The summed E-state index contributed by atoms with van der Waals surface area (Å²) in [6, 6.07) is 0. The van der Waals surface area contributed by atoms with Gasteiger partial charge in [0.1, 0.15) is 12.2 Å². The number of aliphatic hydroxyl groups is 1. The number of esters is 2. The van der Waals surface area contributed by atoms with Crippen LogP contribution < -0.4 is 0 Å². The minimum absolute atomic E-state index is 0.124. The van der Waals surface area contributed by atoms with Crippen molar-refractivity contribution in [2.24, 2.45) is 23.2 Å². The smallest absolute Gasteiger partial charge is 0.342 e. The average molecular weight is 294 g/mol. The zero-order chi connectivity index (χ0) is 14.9. The Labute approximate surface area is 121 Å². The highest BCUT2D eigenvalue weighted by atomic mass is 16.7. The summed E-state index contributed by atoms with van der Waals surface area (Å²) in [7, 11) is 0. The van der Waals surface area contributed by atoms with Gasteiger partial charge in [-0.3, -0.25) is 4.79 Å². The minimum Gasteiger partial charge on any atom is -0.458 e. The number of hydrogen-bond acceptors (Lipinski definition) is 6. The zero-order valence-electron chi connectivity index (χ0n) is 12.2. The van der Waals surface area contributed by atoms with Crippen molar-refractivity contribution >= 4 is 11.9 Å². The molecule has 1 spiro atoms. The van der Waals surface area contributed by atoms with Gasteiger partial charge in [0.05, 0.1) is 16.9 Å². The molecule has 3 heterocycles. The summed E-state index contributed by atoms with van der Waals surface area (Å²) in [6.45, 7) is 5.85. The molecule has 4 unspecified atom stereocenters. The summed E-state index contributed by atoms with van der Waals surface area (Å²) in [6.07, 6.45) is -1.10. The maximum atomic E-state index is 12.4. The van der Waals surface area contributed by atoms with Crippen molar-refractivity contribution in [2.45, 2.75) is 56.7 Å². The van der Waals surface area contributed by atoms with Gasteiger partial charge in [-0.15, -0.1) is 0 Å². The highest BCUT2D eigenvalue weighted by Crippen LogP contribution is 2.76. The third-order valence-electron chi connectivity index (χ3n) is 6.85. The van der Waals surface area contributed by atoms with Crippen LogP contribution in [0.4, 0.5) is 0 Å². The quantitative estimate of drug-likeness (QED) is 0.542. The standard InChI is InChI=1S/C15H18O6/c1-5(2)7-8-11(16)19-9(7)10-13(3)14(8,18)4-6-15(13,21-6)12(17)20-10/h5-10,18H,4H2,1-3H3/t6?,7?,8-,9?,10-,13-,14-,15?/m1/s1. The van der Waals surface area contributed by atoms with Gasteiger partial charge in [0.15, 0.2) is 6.10 Å². The van der Waals surface area contributed by atoms with E-state index in [4.69, 9.17) is 14.2 Å². The Balaban J connectivity index is 1.76. The number of hydrogen-bond donors (Lipinski definition) is 1. The average Bonchev–Trinajstić information content (AvgIpc) is 2.86. The van der Waals surface area contributed by atoms with Crippen LogP contribution in [-0.2, 0) is 23.8 Å². The fourth-order valence-corrected chi connectivity index (χ4v) is 5.84. The minimum atomic E-state index is -1.29. The molecule has 0 amide bonds. The largest absolute Gasteiger partial charge is 0.458 e. The lowest BCUT2D eigenvalue weighted by atomic mass is 9.52. The Hall–Kier alpha value is -1.14. The number of epoxide rings is 1. The highest BCUT2D eigenvalue weighted by molar-refractivity contribution is 5.91. The van der Waals surface area contributed by atoms with E-state index in [0.29, 0.717) is 6.42 Å². The molecule has 8 atom stereocenters. The molecular weight excluding hydrogens is 276 g/mol. The zero-order valence-corrected chi connectivity index (χ0v) is 12.2. The number of fused-ring (bicyclic) bond motifs is 4. The molecule has 6 nitrogen and oxygen atoms in total. The third-order valence-corrected chi connectivity index (χ3v) is 6.85. The lowest BCUT2D eigenvalue weighted by molar-refractivity contribution is -0.205. The first-order chi connectivity index (χ1) is 9.79. The van der Waals surface area contributed by atoms with Crippen LogP contribution in [0, 0.1) is 23.2 Å². The van der Waals surface area contributed by atoms with Gasteiger partial charge in [-0.05, 0) is 12.8 Å². The SMILES string of the molecule is CC(C)C1C2OC(=O)[C@@H]1[C@]1(O)CC3OC34C(=O)O[C@H]2[C@@]41C. The van der Waals surface area contributed by atoms with Crippen molar-refractivity contribution in [3.8, 4) is 0 Å². The van der Waals surface area contributed by atoms with Gasteiger partial charge in [0.2, 0.25) is 5.60 Å². The van der Waals surface area contributed by atoms with Crippen molar-refractivity contribution in [2.75, 3.05) is 0 Å². The van der Waals surface area contributed by atoms with E-state index >= 15 is 0 Å². The highest BCUT2D eigenvalue weighted by Gasteiger charge is 2.95. The molecule has 2 aliphatic carbocycles. The number of rotatable bonds is 1. The topological polar surface area (TPSA) is 85.4 Å². The van der Waals surface area contributed by atoms with E-state index in [9.17, 15) is 14.7 Å². The predicted octanol–water partition coefficient (Wildman–Crippen LogP) is 0.0179. The first kappa shape index (κ1) is 12.4. The van der Waals surface area contributed by atoms with Crippen molar-refractivity contribution < 1.29 is 28.9 Å². The Morgan fingerprint density at radius 1 is 1.29 bits per heavy atom. The van der Waals surface area contributed by atoms with E-state index < -0.39 is 40.7 Å². The fourth-order valence-electron chi connectivity index (χ4n) is 5.84. The van der Waals surface area contributed by atoms with Gasteiger partial charge < -0.3 is 19.3 Å². The lowest BCUT2D eigenvalue weighted by Gasteiger charge is -2.51. The second-order valence-electron chi connectivity index (χ2n) is 7.70. The van der Waals surface area contributed by atoms with Gasteiger partial charge in [0, 0.05) is 12.3 Å². The molecule has 3 aliphatic heterocycles. The van der Waals surface area contributed by atoms with Gasteiger partial charge in [0.25, 0.3) is 0 Å². The number of carbonyl (C=O) groups excluding carboxylic acids is 2. The monoisotopic (exact) mass is 294 g/mol. The predicted molar refractivity (Wildman–Crippen MR) is 66.9 cm³/mol. The maximum absolute atomic E-state index is 12.4. The molecule has 2 saturated carbocycles. The van der Waals surface area contributed by atoms with E-state index in [-0.39, 0.29) is 23.9 Å². The molecule has 1 N–H and O–H groups in total. The van der Waals surface area contributed by atoms with E-state index in [0.717, 1.165) is 0 Å². The Bertz CT molecular complexity index is 601. The van der Waals surface area contributed by atoms with Crippen molar-refractivity contribution in [3.63, 3.8) is 0 Å². The molecule has 0 aromatic rings. The second kappa shape index (κ2) is 2.99. The number of ether oxygens (including phenoxy) is 3.